The van der Waals surface area contributed by atoms with Crippen LogP contribution in [0.5, 0.6) is 0 Å². The molecule has 0 unspecified atom stereocenters. The van der Waals surface area contributed by atoms with Gasteiger partial charge in [-0.15, -0.1) is 0 Å². The third kappa shape index (κ3) is 21.5. The number of carbonyl (C=O) groups is 4. The number of nitrogens with one attached hydrogen (secondary N) is 3. The van der Waals surface area contributed by atoms with Gasteiger partial charge in [0.15, 0.2) is 5.78 Å². The quantitative estimate of drug-likeness (QED) is 0.134. The van der Waals surface area contributed by atoms with E-state index in [9.17, 15) is 19.2 Å². The number of amides is 3. The highest BCUT2D eigenvalue weighted by Crippen LogP contribution is 1.91. The molecular weight excluding hydrogens is 436 g/mol. The standard InChI is InChI=1S/C21H40N4O8/c1-17(2)18(26)13-24-19(27)14-25-21(29)16-33-15-20(28)23-6-4-8-31-10-12-32-11-9-30-7-3-5-22/h17H,3-16,22H2,1-2H3,(H,23,28)(H,24,27)(H,25,29). The van der Waals surface area contributed by atoms with Gasteiger partial charge in [-0.05, 0) is 19.4 Å². The zero-order valence-electron chi connectivity index (χ0n) is 19.8. The Morgan fingerprint density at radius 2 is 1.18 bits per heavy atom. The summed E-state index contributed by atoms with van der Waals surface area (Å²) in [5.41, 5.74) is 5.36. The predicted molar refractivity (Wildman–Crippen MR) is 120 cm³/mol. The second kappa shape index (κ2) is 21.7. The van der Waals surface area contributed by atoms with Crippen LogP contribution in [0.25, 0.3) is 0 Å². The van der Waals surface area contributed by atoms with Gasteiger partial charge in [0, 0.05) is 25.7 Å². The number of ether oxygens (including phenoxy) is 4. The van der Waals surface area contributed by atoms with E-state index in [1.54, 1.807) is 13.8 Å². The molecule has 0 aromatic heterocycles. The molecule has 5 N–H and O–H groups in total. The topological polar surface area (TPSA) is 167 Å². The lowest BCUT2D eigenvalue weighted by Gasteiger charge is -2.09. The van der Waals surface area contributed by atoms with E-state index in [1.165, 1.54) is 0 Å². The first-order valence-electron chi connectivity index (χ1n) is 11.2. The second-order valence-corrected chi connectivity index (χ2v) is 7.35. The number of hydrogen-bond donors (Lipinski definition) is 4. The van der Waals surface area contributed by atoms with Gasteiger partial charge in [0.05, 0.1) is 39.5 Å². The highest BCUT2D eigenvalue weighted by Gasteiger charge is 2.10. The van der Waals surface area contributed by atoms with E-state index in [-0.39, 0.29) is 43.9 Å². The monoisotopic (exact) mass is 476 g/mol. The molecule has 0 fully saturated rings. The van der Waals surface area contributed by atoms with Crippen molar-refractivity contribution < 1.29 is 38.1 Å². The number of rotatable bonds is 22. The van der Waals surface area contributed by atoms with Crippen LogP contribution in [0.15, 0.2) is 0 Å². The molecule has 0 heterocycles. The maximum atomic E-state index is 11.7. The second-order valence-electron chi connectivity index (χ2n) is 7.35. The van der Waals surface area contributed by atoms with Crippen LogP contribution in [0.2, 0.25) is 0 Å². The number of nitrogens with two attached hydrogens (primary N) is 1. The summed E-state index contributed by atoms with van der Waals surface area (Å²) >= 11 is 0. The zero-order chi connectivity index (χ0) is 24.7. The summed E-state index contributed by atoms with van der Waals surface area (Å²) in [7, 11) is 0. The molecule has 0 aliphatic carbocycles. The van der Waals surface area contributed by atoms with Crippen molar-refractivity contribution in [2.75, 3.05) is 79.0 Å². The Bertz CT molecular complexity index is 560. The minimum Gasteiger partial charge on any atom is -0.379 e. The lowest BCUT2D eigenvalue weighted by Crippen LogP contribution is -2.41. The Morgan fingerprint density at radius 1 is 0.667 bits per heavy atom. The summed E-state index contributed by atoms with van der Waals surface area (Å²) in [6.45, 7) is 6.62. The lowest BCUT2D eigenvalue weighted by atomic mass is 10.1. The minimum absolute atomic E-state index is 0.0761. The van der Waals surface area contributed by atoms with E-state index in [0.717, 1.165) is 6.42 Å². The molecule has 0 saturated heterocycles. The van der Waals surface area contributed by atoms with Gasteiger partial charge in [0.1, 0.15) is 13.2 Å². The van der Waals surface area contributed by atoms with Gasteiger partial charge >= 0.3 is 0 Å². The summed E-state index contributed by atoms with van der Waals surface area (Å²) in [5, 5.41) is 7.42. The Morgan fingerprint density at radius 3 is 1.76 bits per heavy atom. The molecule has 0 rings (SSSR count). The van der Waals surface area contributed by atoms with Gasteiger partial charge in [-0.1, -0.05) is 13.8 Å². The Labute approximate surface area is 195 Å². The van der Waals surface area contributed by atoms with Crippen molar-refractivity contribution in [1.29, 1.82) is 0 Å². The van der Waals surface area contributed by atoms with Crippen molar-refractivity contribution >= 4 is 23.5 Å². The molecular formula is C21H40N4O8. The van der Waals surface area contributed by atoms with Gasteiger partial charge < -0.3 is 40.6 Å². The summed E-state index contributed by atoms with van der Waals surface area (Å²) in [6.07, 6.45) is 1.47. The Balaban J connectivity index is 3.47. The molecule has 0 aromatic rings. The predicted octanol–water partition coefficient (Wildman–Crippen LogP) is -1.63. The van der Waals surface area contributed by atoms with Gasteiger partial charge in [0.2, 0.25) is 17.7 Å². The van der Waals surface area contributed by atoms with Crippen LogP contribution in [0, 0.1) is 5.92 Å². The van der Waals surface area contributed by atoms with Crippen molar-refractivity contribution in [3.63, 3.8) is 0 Å². The summed E-state index contributed by atoms with van der Waals surface area (Å²) in [6, 6.07) is 0. The van der Waals surface area contributed by atoms with Crippen molar-refractivity contribution in [2.45, 2.75) is 26.7 Å². The van der Waals surface area contributed by atoms with E-state index < -0.39 is 11.8 Å². The highest BCUT2D eigenvalue weighted by atomic mass is 16.5. The molecule has 0 aliphatic heterocycles. The van der Waals surface area contributed by atoms with Crippen LogP contribution in [0.4, 0.5) is 0 Å². The SMILES string of the molecule is CC(C)C(=O)CNC(=O)CNC(=O)COCC(=O)NCCCOCCOCCOCCCN. The molecule has 12 nitrogen and oxygen atoms in total. The first-order chi connectivity index (χ1) is 15.9. The van der Waals surface area contributed by atoms with Gasteiger partial charge in [-0.25, -0.2) is 0 Å². The zero-order valence-corrected chi connectivity index (χ0v) is 19.8. The van der Waals surface area contributed by atoms with Crippen LogP contribution in [0.3, 0.4) is 0 Å². The fraction of sp³-hybridized carbons (Fsp3) is 0.810. The van der Waals surface area contributed by atoms with Crippen LogP contribution in [-0.2, 0) is 38.1 Å². The molecule has 12 heteroatoms. The summed E-state index contributed by atoms with van der Waals surface area (Å²) in [5.74, 6) is -1.64. The summed E-state index contributed by atoms with van der Waals surface area (Å²) < 4.78 is 21.0. The van der Waals surface area contributed by atoms with Crippen LogP contribution >= 0.6 is 0 Å². The molecule has 192 valence electrons. The van der Waals surface area contributed by atoms with Crippen molar-refractivity contribution in [3.05, 3.63) is 0 Å². The molecule has 0 radical (unpaired) electrons. The van der Waals surface area contributed by atoms with Crippen molar-refractivity contribution in [3.8, 4) is 0 Å². The summed E-state index contributed by atoms with van der Waals surface area (Å²) in [4.78, 5) is 46.2. The average Bonchev–Trinajstić information content (AvgIpc) is 2.79. The normalized spacial score (nSPS) is 10.8. The number of carbonyl (C=O) groups excluding carboxylic acids is 4. The highest BCUT2D eigenvalue weighted by molar-refractivity contribution is 5.89. The van der Waals surface area contributed by atoms with Gasteiger partial charge in [0.25, 0.3) is 0 Å². The van der Waals surface area contributed by atoms with E-state index in [0.29, 0.717) is 59.2 Å². The fourth-order valence-electron chi connectivity index (χ4n) is 2.10. The van der Waals surface area contributed by atoms with Crippen LogP contribution in [0.1, 0.15) is 26.7 Å². The maximum absolute atomic E-state index is 11.7. The van der Waals surface area contributed by atoms with Crippen LogP contribution < -0.4 is 21.7 Å². The van der Waals surface area contributed by atoms with Crippen LogP contribution in [-0.4, -0.2) is 103 Å². The maximum Gasteiger partial charge on any atom is 0.246 e. The third-order valence-corrected chi connectivity index (χ3v) is 4.04. The van der Waals surface area contributed by atoms with E-state index in [2.05, 4.69) is 16.0 Å². The first kappa shape index (κ1) is 30.9. The third-order valence-electron chi connectivity index (χ3n) is 4.04. The minimum atomic E-state index is -0.536. The average molecular weight is 477 g/mol. The molecule has 3 amide bonds. The Hall–Kier alpha value is -2.12. The number of hydrogen-bond acceptors (Lipinski definition) is 9. The number of Topliss-reactive ketones (excluding diaryl/α,β-unsaturated/α-hetero) is 1. The number of ketones is 1. The van der Waals surface area contributed by atoms with Gasteiger partial charge in [-0.2, -0.15) is 0 Å². The first-order valence-corrected chi connectivity index (χ1v) is 11.2. The smallest absolute Gasteiger partial charge is 0.246 e. The van der Waals surface area contributed by atoms with Gasteiger partial charge in [-0.3, -0.25) is 19.2 Å². The molecule has 0 spiro atoms. The molecule has 33 heavy (non-hydrogen) atoms. The van der Waals surface area contributed by atoms with Crippen molar-refractivity contribution in [2.24, 2.45) is 11.7 Å². The molecule has 0 saturated carbocycles. The van der Waals surface area contributed by atoms with E-state index in [4.69, 9.17) is 24.7 Å². The van der Waals surface area contributed by atoms with E-state index >= 15 is 0 Å². The largest absolute Gasteiger partial charge is 0.379 e. The molecule has 0 aliphatic rings. The Kier molecular flexibility index (Phi) is 20.3. The fourth-order valence-corrected chi connectivity index (χ4v) is 2.10. The lowest BCUT2D eigenvalue weighted by molar-refractivity contribution is -0.132. The molecule has 0 aromatic carbocycles. The van der Waals surface area contributed by atoms with E-state index in [1.807, 2.05) is 0 Å². The molecule has 0 bridgehead atoms. The molecule has 0 atom stereocenters. The van der Waals surface area contributed by atoms with Crippen molar-refractivity contribution in [1.82, 2.24) is 16.0 Å².